The Balaban J connectivity index is 3.21. The zero-order valence-electron chi connectivity index (χ0n) is 7.56. The van der Waals surface area contributed by atoms with Crippen LogP contribution in [0, 0.1) is 0 Å². The predicted molar refractivity (Wildman–Crippen MR) is 46.1 cm³/mol. The first kappa shape index (κ1) is 11.2. The molecule has 0 unspecified atom stereocenters. The fourth-order valence-corrected chi connectivity index (χ4v) is 1.05. The number of halogens is 4. The number of hydrogen-bond donors (Lipinski definition) is 0. The molecule has 0 aliphatic carbocycles. The van der Waals surface area contributed by atoms with E-state index in [9.17, 15) is 13.2 Å². The third kappa shape index (κ3) is 2.57. The third-order valence-corrected chi connectivity index (χ3v) is 1.75. The highest BCUT2D eigenvalue weighted by molar-refractivity contribution is 6.29. The van der Waals surface area contributed by atoms with Crippen molar-refractivity contribution in [1.82, 2.24) is 9.97 Å². The van der Waals surface area contributed by atoms with Gasteiger partial charge in [-0.05, 0) is 12.0 Å². The van der Waals surface area contributed by atoms with E-state index in [1.807, 2.05) is 0 Å². The Morgan fingerprint density at radius 3 is 2.29 bits per heavy atom. The molecule has 0 spiro atoms. The summed E-state index contributed by atoms with van der Waals surface area (Å²) in [5, 5.41) is -0.184. The maximum atomic E-state index is 12.2. The summed E-state index contributed by atoms with van der Waals surface area (Å²) in [6, 6.07) is 1.33. The molecule has 1 heterocycles. The second-order valence-corrected chi connectivity index (χ2v) is 3.48. The monoisotopic (exact) mass is 224 g/mol. The summed E-state index contributed by atoms with van der Waals surface area (Å²) in [7, 11) is 0. The van der Waals surface area contributed by atoms with Crippen LogP contribution in [0.4, 0.5) is 13.2 Å². The van der Waals surface area contributed by atoms with Gasteiger partial charge in [0.25, 0.3) is 0 Å². The van der Waals surface area contributed by atoms with E-state index >= 15 is 0 Å². The van der Waals surface area contributed by atoms with Gasteiger partial charge in [0.15, 0.2) is 0 Å². The van der Waals surface area contributed by atoms with Gasteiger partial charge < -0.3 is 0 Å². The number of hydrogen-bond acceptors (Lipinski definition) is 2. The molecule has 1 aromatic rings. The fraction of sp³-hybridized carbons (Fsp3) is 0.500. The molecule has 0 bridgehead atoms. The normalized spacial score (nSPS) is 12.2. The zero-order chi connectivity index (χ0) is 10.9. The Bertz CT molecular complexity index is 336. The number of rotatable bonds is 1. The minimum Gasteiger partial charge on any atom is -0.229 e. The van der Waals surface area contributed by atoms with Crippen molar-refractivity contribution in [2.75, 3.05) is 0 Å². The Labute approximate surface area is 84.1 Å². The van der Waals surface area contributed by atoms with Crippen LogP contribution in [-0.4, -0.2) is 9.97 Å². The number of nitrogens with zero attached hydrogens (tertiary/aromatic N) is 2. The molecule has 0 amide bonds. The number of aromatic nitrogens is 2. The molecule has 0 aliphatic heterocycles. The van der Waals surface area contributed by atoms with Crippen LogP contribution < -0.4 is 0 Å². The van der Waals surface area contributed by atoms with E-state index in [0.29, 0.717) is 0 Å². The molecule has 0 atom stereocenters. The molecule has 0 saturated carbocycles. The lowest BCUT2D eigenvalue weighted by molar-refractivity contribution is -0.145. The van der Waals surface area contributed by atoms with Gasteiger partial charge >= 0.3 is 6.18 Å². The van der Waals surface area contributed by atoms with Crippen molar-refractivity contribution < 1.29 is 13.2 Å². The highest BCUT2D eigenvalue weighted by atomic mass is 35.5. The van der Waals surface area contributed by atoms with Crippen LogP contribution in [0.5, 0.6) is 0 Å². The van der Waals surface area contributed by atoms with Gasteiger partial charge in [0.1, 0.15) is 5.15 Å². The van der Waals surface area contributed by atoms with Crippen LogP contribution in [0.15, 0.2) is 6.07 Å². The number of alkyl halides is 3. The van der Waals surface area contributed by atoms with Gasteiger partial charge in [0.05, 0.1) is 0 Å². The maximum absolute atomic E-state index is 12.2. The van der Waals surface area contributed by atoms with Crippen LogP contribution in [0.2, 0.25) is 5.15 Å². The largest absolute Gasteiger partial charge is 0.451 e. The molecule has 78 valence electrons. The first-order valence-corrected chi connectivity index (χ1v) is 4.30. The van der Waals surface area contributed by atoms with Crippen molar-refractivity contribution >= 4 is 11.6 Å². The molecular formula is C8H8ClF3N2. The van der Waals surface area contributed by atoms with Crippen molar-refractivity contribution in [2.24, 2.45) is 0 Å². The fourth-order valence-electron chi connectivity index (χ4n) is 0.858. The molecule has 2 nitrogen and oxygen atoms in total. The summed E-state index contributed by atoms with van der Waals surface area (Å²) < 4.78 is 36.7. The SMILES string of the molecule is CC(C)c1cc(Cl)nc(C(F)(F)F)n1. The highest BCUT2D eigenvalue weighted by Gasteiger charge is 2.35. The smallest absolute Gasteiger partial charge is 0.229 e. The summed E-state index contributed by atoms with van der Waals surface area (Å²) >= 11 is 5.45. The first-order chi connectivity index (χ1) is 6.30. The first-order valence-electron chi connectivity index (χ1n) is 3.92. The average Bonchev–Trinajstić information content (AvgIpc) is 2.01. The molecule has 14 heavy (non-hydrogen) atoms. The Hall–Kier alpha value is -0.840. The molecule has 0 radical (unpaired) electrons. The van der Waals surface area contributed by atoms with E-state index in [1.54, 1.807) is 13.8 Å². The molecule has 0 N–H and O–H groups in total. The third-order valence-electron chi connectivity index (χ3n) is 1.56. The van der Waals surface area contributed by atoms with Gasteiger partial charge in [-0.25, -0.2) is 9.97 Å². The van der Waals surface area contributed by atoms with E-state index in [4.69, 9.17) is 11.6 Å². The summed E-state index contributed by atoms with van der Waals surface area (Å²) in [6.45, 7) is 3.47. The Morgan fingerprint density at radius 2 is 1.86 bits per heavy atom. The lowest BCUT2D eigenvalue weighted by Crippen LogP contribution is -2.13. The molecule has 1 rings (SSSR count). The summed E-state index contributed by atoms with van der Waals surface area (Å²) in [5.41, 5.74) is 0.289. The van der Waals surface area contributed by atoms with Gasteiger partial charge in [-0.3, -0.25) is 0 Å². The zero-order valence-corrected chi connectivity index (χ0v) is 8.32. The highest BCUT2D eigenvalue weighted by Crippen LogP contribution is 2.28. The van der Waals surface area contributed by atoms with Gasteiger partial charge in [-0.15, -0.1) is 0 Å². The van der Waals surface area contributed by atoms with E-state index in [0.717, 1.165) is 0 Å². The molecule has 0 aromatic carbocycles. The van der Waals surface area contributed by atoms with Crippen LogP contribution in [0.3, 0.4) is 0 Å². The second-order valence-electron chi connectivity index (χ2n) is 3.09. The molecule has 0 saturated heterocycles. The van der Waals surface area contributed by atoms with Crippen molar-refractivity contribution in [2.45, 2.75) is 25.9 Å². The molecule has 0 fully saturated rings. The minimum absolute atomic E-state index is 0.114. The topological polar surface area (TPSA) is 25.8 Å². The van der Waals surface area contributed by atoms with Crippen molar-refractivity contribution in [3.05, 3.63) is 22.7 Å². The molecule has 6 heteroatoms. The predicted octanol–water partition coefficient (Wildman–Crippen LogP) is 3.27. The quantitative estimate of drug-likeness (QED) is 0.685. The lowest BCUT2D eigenvalue weighted by atomic mass is 10.1. The average molecular weight is 225 g/mol. The van der Waals surface area contributed by atoms with Gasteiger partial charge in [0, 0.05) is 5.69 Å². The van der Waals surface area contributed by atoms with Gasteiger partial charge in [0.2, 0.25) is 5.82 Å². The van der Waals surface area contributed by atoms with Crippen molar-refractivity contribution in [3.63, 3.8) is 0 Å². The van der Waals surface area contributed by atoms with Crippen molar-refractivity contribution in [1.29, 1.82) is 0 Å². The second kappa shape index (κ2) is 3.73. The Kier molecular flexibility index (Phi) is 2.99. The summed E-state index contributed by atoms with van der Waals surface area (Å²) in [5.74, 6) is -1.30. The Morgan fingerprint density at radius 1 is 1.29 bits per heavy atom. The summed E-state index contributed by atoms with van der Waals surface area (Å²) in [6.07, 6.45) is -4.55. The minimum atomic E-state index is -4.55. The van der Waals surface area contributed by atoms with Gasteiger partial charge in [-0.1, -0.05) is 25.4 Å². The van der Waals surface area contributed by atoms with Crippen LogP contribution in [0.25, 0.3) is 0 Å². The maximum Gasteiger partial charge on any atom is 0.451 e. The summed E-state index contributed by atoms with van der Waals surface area (Å²) in [4.78, 5) is 6.50. The molecule has 1 aromatic heterocycles. The van der Waals surface area contributed by atoms with E-state index in [-0.39, 0.29) is 16.8 Å². The lowest BCUT2D eigenvalue weighted by Gasteiger charge is -2.09. The molecule has 0 aliphatic rings. The van der Waals surface area contributed by atoms with Gasteiger partial charge in [-0.2, -0.15) is 13.2 Å². The van der Waals surface area contributed by atoms with E-state index in [2.05, 4.69) is 9.97 Å². The molecular weight excluding hydrogens is 217 g/mol. The van der Waals surface area contributed by atoms with Crippen LogP contribution in [-0.2, 0) is 6.18 Å². The van der Waals surface area contributed by atoms with E-state index in [1.165, 1.54) is 6.07 Å². The van der Waals surface area contributed by atoms with Crippen molar-refractivity contribution in [3.8, 4) is 0 Å². The van der Waals surface area contributed by atoms with Crippen LogP contribution in [0.1, 0.15) is 31.3 Å². The van der Waals surface area contributed by atoms with E-state index < -0.39 is 12.0 Å². The van der Waals surface area contributed by atoms with Crippen LogP contribution >= 0.6 is 11.6 Å². The standard InChI is InChI=1S/C8H8ClF3N2/c1-4(2)5-3-6(9)14-7(13-5)8(10,11)12/h3-4H,1-2H3.